The van der Waals surface area contributed by atoms with Crippen LogP contribution in [0.2, 0.25) is 0 Å². The lowest BCUT2D eigenvalue weighted by molar-refractivity contribution is -0.131. The van der Waals surface area contributed by atoms with Gasteiger partial charge in [0, 0.05) is 4.47 Å². The van der Waals surface area contributed by atoms with Crippen LogP contribution in [0.25, 0.3) is 0 Å². The average molecular weight is 611 g/mol. The number of halogens is 5. The van der Waals surface area contributed by atoms with Crippen molar-refractivity contribution >= 4 is 95.7 Å². The van der Waals surface area contributed by atoms with Gasteiger partial charge in [-0.3, -0.25) is 9.35 Å². The number of rotatable bonds is 3. The smallest absolute Gasteiger partial charge is 0.329 e. The summed E-state index contributed by atoms with van der Waals surface area (Å²) in [6.45, 7) is 0. The predicted molar refractivity (Wildman–Crippen MR) is 87.0 cm³/mol. The average Bonchev–Trinajstić information content (AvgIpc) is 2.27. The van der Waals surface area contributed by atoms with Crippen molar-refractivity contribution in [3.05, 3.63) is 22.4 Å². The summed E-state index contributed by atoms with van der Waals surface area (Å²) in [6.07, 6.45) is 0. The van der Waals surface area contributed by atoms with Gasteiger partial charge in [-0.2, -0.15) is 8.42 Å². The van der Waals surface area contributed by atoms with Gasteiger partial charge in [0.15, 0.2) is 11.5 Å². The van der Waals surface area contributed by atoms with Crippen molar-refractivity contribution in [2.75, 3.05) is 5.75 Å². The van der Waals surface area contributed by atoms with Crippen LogP contribution in [-0.4, -0.2) is 24.7 Å². The molecule has 0 aliphatic rings. The zero-order valence-electron chi connectivity index (χ0n) is 8.59. The lowest BCUT2D eigenvalue weighted by atomic mass is 10.3. The minimum absolute atomic E-state index is 0.0793. The van der Waals surface area contributed by atoms with Crippen LogP contribution in [0, 0.1) is 0 Å². The van der Waals surface area contributed by atoms with Gasteiger partial charge in [0.2, 0.25) is 0 Å². The van der Waals surface area contributed by atoms with Gasteiger partial charge in [-0.15, -0.1) is 0 Å². The van der Waals surface area contributed by atoms with E-state index in [2.05, 4.69) is 79.6 Å². The maximum absolute atomic E-state index is 11.4. The highest BCUT2D eigenvalue weighted by Gasteiger charge is 2.23. The molecule has 5 nitrogen and oxygen atoms in total. The van der Waals surface area contributed by atoms with Gasteiger partial charge in [-0.1, -0.05) is 0 Å². The Morgan fingerprint density at radius 3 is 1.68 bits per heavy atom. The lowest BCUT2D eigenvalue weighted by Gasteiger charge is -2.13. The van der Waals surface area contributed by atoms with E-state index in [0.717, 1.165) is 0 Å². The SMILES string of the molecule is O=C(CS(=O)(=O)O)Oc1c(Br)c(Br)c(Br)c(Br)c1Br. The number of ether oxygens (including phenoxy) is 1. The van der Waals surface area contributed by atoms with E-state index in [4.69, 9.17) is 9.29 Å². The fourth-order valence-corrected chi connectivity index (χ4v) is 4.50. The first-order valence-corrected chi connectivity index (χ1v) is 9.79. The number of carbonyl (C=O) groups is 1. The Morgan fingerprint density at radius 2 is 1.32 bits per heavy atom. The molecule has 0 radical (unpaired) electrons. The Morgan fingerprint density at radius 1 is 0.947 bits per heavy atom. The molecule has 106 valence electrons. The fraction of sp³-hybridized carbons (Fsp3) is 0.125. The second kappa shape index (κ2) is 6.84. The van der Waals surface area contributed by atoms with Crippen LogP contribution < -0.4 is 4.74 Å². The van der Waals surface area contributed by atoms with Gasteiger partial charge in [-0.25, -0.2) is 0 Å². The Kier molecular flexibility index (Phi) is 6.50. The molecule has 0 aliphatic carbocycles. The van der Waals surface area contributed by atoms with Gasteiger partial charge < -0.3 is 4.74 Å². The standard InChI is InChI=1S/C8H3Br5O5S/c9-3-4(10)6(12)8(7(13)5(3)11)18-2(14)1-19(15,16)17/h1H2,(H,15,16,17). The minimum atomic E-state index is -4.44. The van der Waals surface area contributed by atoms with Crippen LogP contribution in [0.5, 0.6) is 5.75 Å². The highest BCUT2D eigenvalue weighted by molar-refractivity contribution is 9.15. The molecular weight excluding hydrogens is 608 g/mol. The molecule has 0 amide bonds. The Balaban J connectivity index is 3.20. The van der Waals surface area contributed by atoms with Gasteiger partial charge in [0.25, 0.3) is 10.1 Å². The van der Waals surface area contributed by atoms with Crippen molar-refractivity contribution in [3.8, 4) is 5.75 Å². The molecule has 0 bridgehead atoms. The summed E-state index contributed by atoms with van der Waals surface area (Å²) >= 11 is 16.2. The fourth-order valence-electron chi connectivity index (χ4n) is 0.967. The summed E-state index contributed by atoms with van der Waals surface area (Å²) in [5.74, 6) is -2.15. The molecule has 0 aromatic heterocycles. The molecule has 0 aliphatic heterocycles. The molecule has 11 heteroatoms. The van der Waals surface area contributed by atoms with Crippen LogP contribution in [0.1, 0.15) is 0 Å². The molecule has 19 heavy (non-hydrogen) atoms. The molecule has 0 saturated heterocycles. The van der Waals surface area contributed by atoms with Crippen molar-refractivity contribution in [1.29, 1.82) is 0 Å². The molecule has 0 saturated carbocycles. The normalized spacial score (nSPS) is 11.5. The zero-order chi connectivity index (χ0) is 15.0. The maximum Gasteiger partial charge on any atom is 0.329 e. The summed E-state index contributed by atoms with van der Waals surface area (Å²) < 4.78 is 37.3. The first kappa shape index (κ1) is 18.1. The Labute approximate surface area is 150 Å². The van der Waals surface area contributed by atoms with Gasteiger partial charge in [0.05, 0.1) is 17.9 Å². The van der Waals surface area contributed by atoms with Crippen LogP contribution in [0.15, 0.2) is 22.4 Å². The number of benzene rings is 1. The monoisotopic (exact) mass is 606 g/mol. The number of esters is 1. The van der Waals surface area contributed by atoms with Gasteiger partial charge in [0.1, 0.15) is 0 Å². The summed E-state index contributed by atoms with van der Waals surface area (Å²) in [7, 11) is -4.44. The molecule has 0 unspecified atom stereocenters. The molecule has 1 aromatic rings. The highest BCUT2D eigenvalue weighted by atomic mass is 79.9. The molecular formula is C8H3Br5O5S. The quantitative estimate of drug-likeness (QED) is 0.182. The van der Waals surface area contributed by atoms with E-state index in [9.17, 15) is 13.2 Å². The summed E-state index contributed by atoms with van der Waals surface area (Å²) in [4.78, 5) is 11.4. The topological polar surface area (TPSA) is 80.7 Å². The number of carbonyl (C=O) groups excluding carboxylic acids is 1. The largest absolute Gasteiger partial charge is 0.423 e. The van der Waals surface area contributed by atoms with Crippen molar-refractivity contribution < 1.29 is 22.5 Å². The first-order valence-electron chi connectivity index (χ1n) is 4.22. The van der Waals surface area contributed by atoms with E-state index in [1.807, 2.05) is 0 Å². The van der Waals surface area contributed by atoms with Crippen LogP contribution >= 0.6 is 79.6 Å². The zero-order valence-corrected chi connectivity index (χ0v) is 17.3. The highest BCUT2D eigenvalue weighted by Crippen LogP contribution is 2.48. The van der Waals surface area contributed by atoms with E-state index in [0.29, 0.717) is 22.4 Å². The van der Waals surface area contributed by atoms with E-state index in [1.165, 1.54) is 0 Å². The Bertz CT molecular complexity index is 612. The molecule has 0 spiro atoms. The lowest BCUT2D eigenvalue weighted by Crippen LogP contribution is -2.20. The number of hydrogen-bond donors (Lipinski definition) is 1. The van der Waals surface area contributed by atoms with E-state index in [1.54, 1.807) is 0 Å². The second-order valence-corrected chi connectivity index (χ2v) is 8.52. The predicted octanol–water partition coefficient (Wildman–Crippen LogP) is 4.29. The van der Waals surface area contributed by atoms with Crippen molar-refractivity contribution in [3.63, 3.8) is 0 Å². The van der Waals surface area contributed by atoms with Crippen LogP contribution in [-0.2, 0) is 14.9 Å². The Hall–Kier alpha value is 1.000. The minimum Gasteiger partial charge on any atom is -0.423 e. The third kappa shape index (κ3) is 4.75. The van der Waals surface area contributed by atoms with E-state index in [-0.39, 0.29) is 5.75 Å². The van der Waals surface area contributed by atoms with Crippen LogP contribution in [0.4, 0.5) is 0 Å². The van der Waals surface area contributed by atoms with E-state index >= 15 is 0 Å². The second-order valence-electron chi connectivity index (χ2n) is 3.10. The molecule has 0 fully saturated rings. The van der Waals surface area contributed by atoms with Crippen LogP contribution in [0.3, 0.4) is 0 Å². The number of hydrogen-bond acceptors (Lipinski definition) is 4. The molecule has 1 N–H and O–H groups in total. The van der Waals surface area contributed by atoms with Gasteiger partial charge in [-0.05, 0) is 79.6 Å². The van der Waals surface area contributed by atoms with Crippen molar-refractivity contribution in [2.24, 2.45) is 0 Å². The molecule has 1 rings (SSSR count). The van der Waals surface area contributed by atoms with Gasteiger partial charge >= 0.3 is 5.97 Å². The third-order valence-corrected chi connectivity index (χ3v) is 8.31. The summed E-state index contributed by atoms with van der Waals surface area (Å²) in [5.41, 5.74) is 0. The first-order chi connectivity index (χ1) is 8.54. The molecule has 0 atom stereocenters. The maximum atomic E-state index is 11.4. The molecule has 1 aromatic carbocycles. The third-order valence-electron chi connectivity index (χ3n) is 1.69. The summed E-state index contributed by atoms with van der Waals surface area (Å²) in [6, 6.07) is 0. The van der Waals surface area contributed by atoms with Crippen molar-refractivity contribution in [2.45, 2.75) is 0 Å². The van der Waals surface area contributed by atoms with Crippen molar-refractivity contribution in [1.82, 2.24) is 0 Å². The summed E-state index contributed by atoms with van der Waals surface area (Å²) in [5, 5.41) is 0. The molecule has 0 heterocycles. The van der Waals surface area contributed by atoms with E-state index < -0.39 is 21.8 Å².